The number of nitrogen functional groups attached to an aromatic ring is 1. The van der Waals surface area contributed by atoms with Crippen molar-refractivity contribution < 1.29 is 4.74 Å². The Hall–Kier alpha value is -1.57. The maximum absolute atomic E-state index is 5.87. The third-order valence-corrected chi connectivity index (χ3v) is 4.09. The van der Waals surface area contributed by atoms with Crippen LogP contribution >= 0.6 is 11.3 Å². The minimum atomic E-state index is -0.114. The second kappa shape index (κ2) is 5.82. The fourth-order valence-corrected chi connectivity index (χ4v) is 2.93. The molecule has 0 saturated carbocycles. The monoisotopic (exact) mass is 291 g/mol. The molecule has 0 aliphatic carbocycles. The van der Waals surface area contributed by atoms with Gasteiger partial charge in [0.25, 0.3) is 0 Å². The molecule has 2 aromatic rings. The van der Waals surface area contributed by atoms with E-state index >= 15 is 0 Å². The second-order valence-electron chi connectivity index (χ2n) is 4.78. The first kappa shape index (κ1) is 13.4. The summed E-state index contributed by atoms with van der Waals surface area (Å²) in [6, 6.07) is 0. The van der Waals surface area contributed by atoms with Crippen molar-refractivity contribution in [3.63, 3.8) is 0 Å². The summed E-state index contributed by atoms with van der Waals surface area (Å²) >= 11 is 1.68. The lowest BCUT2D eigenvalue weighted by atomic mass is 10.2. The zero-order chi connectivity index (χ0) is 13.9. The summed E-state index contributed by atoms with van der Waals surface area (Å²) in [4.78, 5) is 15.2. The summed E-state index contributed by atoms with van der Waals surface area (Å²) in [5.41, 5.74) is 7.71. The Balaban J connectivity index is 1.69. The van der Waals surface area contributed by atoms with Gasteiger partial charge < -0.3 is 10.5 Å². The van der Waals surface area contributed by atoms with E-state index in [1.165, 1.54) is 0 Å². The number of nitrogens with two attached hydrogens (primary N) is 1. The van der Waals surface area contributed by atoms with Crippen LogP contribution in [0.25, 0.3) is 0 Å². The van der Waals surface area contributed by atoms with Crippen LogP contribution in [0.3, 0.4) is 0 Å². The average Bonchev–Trinajstić information content (AvgIpc) is 2.85. The number of ether oxygens (including phenoxy) is 1. The van der Waals surface area contributed by atoms with E-state index in [9.17, 15) is 0 Å². The molecule has 1 atom stereocenters. The van der Waals surface area contributed by atoms with Crippen molar-refractivity contribution >= 4 is 17.2 Å². The molecule has 0 unspecified atom stereocenters. The van der Waals surface area contributed by atoms with Crippen LogP contribution in [-0.2, 0) is 11.3 Å². The van der Waals surface area contributed by atoms with E-state index in [-0.39, 0.29) is 6.10 Å². The molecule has 7 heteroatoms. The number of rotatable bonds is 3. The highest BCUT2D eigenvalue weighted by atomic mass is 32.1. The maximum Gasteiger partial charge on any atom is 0.147 e. The first-order chi connectivity index (χ1) is 9.72. The number of anilines is 1. The van der Waals surface area contributed by atoms with Crippen LogP contribution in [-0.4, -0.2) is 39.5 Å². The number of aromatic nitrogens is 3. The Kier molecular flexibility index (Phi) is 3.90. The number of aryl methyl sites for hydroxylation is 1. The van der Waals surface area contributed by atoms with Crippen molar-refractivity contribution in [3.8, 4) is 0 Å². The van der Waals surface area contributed by atoms with Crippen LogP contribution in [0.15, 0.2) is 17.8 Å². The minimum absolute atomic E-state index is 0.114. The molecule has 3 rings (SSSR count). The Morgan fingerprint density at radius 1 is 1.45 bits per heavy atom. The van der Waals surface area contributed by atoms with Gasteiger partial charge in [-0.3, -0.25) is 9.88 Å². The third-order valence-electron chi connectivity index (χ3n) is 3.26. The summed E-state index contributed by atoms with van der Waals surface area (Å²) in [7, 11) is 0. The smallest absolute Gasteiger partial charge is 0.147 e. The zero-order valence-corrected chi connectivity index (χ0v) is 12.1. The van der Waals surface area contributed by atoms with E-state index in [0.29, 0.717) is 12.4 Å². The van der Waals surface area contributed by atoms with Crippen molar-refractivity contribution in [1.29, 1.82) is 0 Å². The Morgan fingerprint density at radius 2 is 2.30 bits per heavy atom. The van der Waals surface area contributed by atoms with Crippen molar-refractivity contribution in [2.24, 2.45) is 0 Å². The van der Waals surface area contributed by atoms with Gasteiger partial charge in [0.05, 0.1) is 17.3 Å². The molecule has 2 aromatic heterocycles. The molecular formula is C13H17N5OS. The van der Waals surface area contributed by atoms with Gasteiger partial charge in [0, 0.05) is 37.4 Å². The van der Waals surface area contributed by atoms with Gasteiger partial charge in [-0.15, -0.1) is 11.3 Å². The van der Waals surface area contributed by atoms with Gasteiger partial charge in [-0.25, -0.2) is 9.97 Å². The summed E-state index contributed by atoms with van der Waals surface area (Å²) in [5, 5.41) is 3.21. The van der Waals surface area contributed by atoms with Gasteiger partial charge in [0.1, 0.15) is 17.6 Å². The van der Waals surface area contributed by atoms with E-state index in [1.54, 1.807) is 23.7 Å². The third kappa shape index (κ3) is 2.95. The van der Waals surface area contributed by atoms with Gasteiger partial charge >= 0.3 is 0 Å². The zero-order valence-electron chi connectivity index (χ0n) is 11.3. The molecule has 20 heavy (non-hydrogen) atoms. The number of nitrogens with zero attached hydrogens (tertiary/aromatic N) is 4. The molecule has 0 bridgehead atoms. The summed E-state index contributed by atoms with van der Waals surface area (Å²) in [6.07, 6.45) is 3.13. The molecule has 3 heterocycles. The lowest BCUT2D eigenvalue weighted by molar-refractivity contribution is -0.0350. The first-order valence-corrected chi connectivity index (χ1v) is 7.41. The fourth-order valence-electron chi connectivity index (χ4n) is 2.33. The molecule has 0 spiro atoms. The molecule has 6 nitrogen and oxygen atoms in total. The van der Waals surface area contributed by atoms with Crippen LogP contribution in [0.4, 0.5) is 5.82 Å². The fraction of sp³-hybridized carbons (Fsp3) is 0.462. The topological polar surface area (TPSA) is 77.2 Å². The van der Waals surface area contributed by atoms with Gasteiger partial charge in [0.15, 0.2) is 0 Å². The quantitative estimate of drug-likeness (QED) is 0.921. The van der Waals surface area contributed by atoms with Crippen molar-refractivity contribution in [1.82, 2.24) is 19.9 Å². The molecule has 1 aliphatic heterocycles. The minimum Gasteiger partial charge on any atom is -0.382 e. The molecule has 1 saturated heterocycles. The van der Waals surface area contributed by atoms with Crippen LogP contribution in [0, 0.1) is 6.92 Å². The predicted octanol–water partition coefficient (Wildman–Crippen LogP) is 1.40. The van der Waals surface area contributed by atoms with Crippen molar-refractivity contribution in [2.45, 2.75) is 19.6 Å². The molecule has 0 aromatic carbocycles. The number of hydrogen-bond acceptors (Lipinski definition) is 7. The van der Waals surface area contributed by atoms with Crippen LogP contribution in [0.5, 0.6) is 0 Å². The second-order valence-corrected chi connectivity index (χ2v) is 5.84. The van der Waals surface area contributed by atoms with Gasteiger partial charge in [0.2, 0.25) is 0 Å². The van der Waals surface area contributed by atoms with E-state index in [1.807, 2.05) is 6.92 Å². The Morgan fingerprint density at radius 3 is 3.05 bits per heavy atom. The molecule has 0 amide bonds. The highest BCUT2D eigenvalue weighted by molar-refractivity contribution is 7.09. The molecule has 1 aliphatic rings. The predicted molar refractivity (Wildman–Crippen MR) is 77.3 cm³/mol. The highest BCUT2D eigenvalue weighted by Gasteiger charge is 2.25. The van der Waals surface area contributed by atoms with Gasteiger partial charge in [-0.1, -0.05) is 0 Å². The molecule has 106 valence electrons. The average molecular weight is 291 g/mol. The summed E-state index contributed by atoms with van der Waals surface area (Å²) in [5.74, 6) is 0.448. The highest BCUT2D eigenvalue weighted by Crippen LogP contribution is 2.24. The van der Waals surface area contributed by atoms with Gasteiger partial charge in [-0.2, -0.15) is 0 Å². The van der Waals surface area contributed by atoms with Crippen LogP contribution in [0.2, 0.25) is 0 Å². The summed E-state index contributed by atoms with van der Waals surface area (Å²) in [6.45, 7) is 5.19. The SMILES string of the molecule is Cc1nc(CN2CCO[C@H](c3nccnc3N)C2)cs1. The largest absolute Gasteiger partial charge is 0.382 e. The molecular weight excluding hydrogens is 274 g/mol. The molecule has 1 fully saturated rings. The Labute approximate surface area is 121 Å². The summed E-state index contributed by atoms with van der Waals surface area (Å²) < 4.78 is 5.78. The van der Waals surface area contributed by atoms with E-state index < -0.39 is 0 Å². The van der Waals surface area contributed by atoms with E-state index in [4.69, 9.17) is 10.5 Å². The van der Waals surface area contributed by atoms with Crippen molar-refractivity contribution in [3.05, 3.63) is 34.2 Å². The van der Waals surface area contributed by atoms with Crippen LogP contribution in [0.1, 0.15) is 22.5 Å². The lowest BCUT2D eigenvalue weighted by Crippen LogP contribution is -2.38. The molecule has 0 radical (unpaired) electrons. The van der Waals surface area contributed by atoms with E-state index in [2.05, 4.69) is 25.2 Å². The first-order valence-electron chi connectivity index (χ1n) is 6.53. The van der Waals surface area contributed by atoms with E-state index in [0.717, 1.165) is 36.0 Å². The lowest BCUT2D eigenvalue weighted by Gasteiger charge is -2.32. The number of hydrogen-bond donors (Lipinski definition) is 1. The van der Waals surface area contributed by atoms with Crippen molar-refractivity contribution in [2.75, 3.05) is 25.4 Å². The maximum atomic E-state index is 5.87. The number of thiazole rings is 1. The normalized spacial score (nSPS) is 20.1. The molecule has 2 N–H and O–H groups in total. The Bertz CT molecular complexity index is 588. The number of morpholine rings is 1. The van der Waals surface area contributed by atoms with Crippen LogP contribution < -0.4 is 5.73 Å². The standard InChI is InChI=1S/C13H17N5OS/c1-9-17-10(8-20-9)6-18-4-5-19-11(7-18)12-13(14)16-3-2-15-12/h2-3,8,11H,4-7H2,1H3,(H2,14,16)/t11-/m0/s1. The van der Waals surface area contributed by atoms with Gasteiger partial charge in [-0.05, 0) is 6.92 Å².